The highest BCUT2D eigenvalue weighted by Crippen LogP contribution is 2.26. The van der Waals surface area contributed by atoms with Crippen molar-refractivity contribution in [1.82, 2.24) is 9.38 Å². The number of imidazole rings is 1. The molecule has 0 bridgehead atoms. The molecule has 0 amide bonds. The van der Waals surface area contributed by atoms with Gasteiger partial charge in [-0.3, -0.25) is 4.40 Å². The van der Waals surface area contributed by atoms with Gasteiger partial charge in [0.2, 0.25) is 0 Å². The topological polar surface area (TPSA) is 76.3 Å². The number of hydrogen-bond acceptors (Lipinski definition) is 4. The van der Waals surface area contributed by atoms with E-state index in [1.807, 2.05) is 28.7 Å². The predicted octanol–water partition coefficient (Wildman–Crippen LogP) is 2.46. The van der Waals surface area contributed by atoms with Crippen LogP contribution in [0.1, 0.15) is 5.69 Å². The van der Waals surface area contributed by atoms with Gasteiger partial charge in [-0.2, -0.15) is 5.26 Å². The minimum absolute atomic E-state index is 0.378. The SMILES string of the molecule is COc1cccc(-c2nc(C#N)c3ccc(N)cn23)c1. The van der Waals surface area contributed by atoms with Crippen molar-refractivity contribution in [1.29, 1.82) is 5.26 Å². The zero-order chi connectivity index (χ0) is 14.1. The van der Waals surface area contributed by atoms with Crippen LogP contribution in [0, 0.1) is 11.3 Å². The van der Waals surface area contributed by atoms with E-state index in [0.29, 0.717) is 17.2 Å². The van der Waals surface area contributed by atoms with Gasteiger partial charge in [0.1, 0.15) is 17.6 Å². The maximum atomic E-state index is 9.18. The van der Waals surface area contributed by atoms with Crippen molar-refractivity contribution in [3.05, 3.63) is 48.3 Å². The number of pyridine rings is 1. The largest absolute Gasteiger partial charge is 0.497 e. The molecule has 0 spiro atoms. The lowest BCUT2D eigenvalue weighted by molar-refractivity contribution is 0.415. The van der Waals surface area contributed by atoms with E-state index in [0.717, 1.165) is 16.8 Å². The second kappa shape index (κ2) is 4.59. The number of fused-ring (bicyclic) bond motifs is 1. The number of anilines is 1. The summed E-state index contributed by atoms with van der Waals surface area (Å²) >= 11 is 0. The Hall–Kier alpha value is -3.00. The zero-order valence-electron chi connectivity index (χ0n) is 10.9. The minimum Gasteiger partial charge on any atom is -0.497 e. The molecular weight excluding hydrogens is 252 g/mol. The molecule has 0 radical (unpaired) electrons. The summed E-state index contributed by atoms with van der Waals surface area (Å²) in [5, 5.41) is 9.18. The van der Waals surface area contributed by atoms with E-state index in [1.165, 1.54) is 0 Å². The lowest BCUT2D eigenvalue weighted by atomic mass is 10.2. The van der Waals surface area contributed by atoms with Crippen LogP contribution in [0.15, 0.2) is 42.6 Å². The fraction of sp³-hybridized carbons (Fsp3) is 0.0667. The molecule has 0 saturated carbocycles. The van der Waals surface area contributed by atoms with Gasteiger partial charge in [0.05, 0.1) is 12.6 Å². The maximum Gasteiger partial charge on any atom is 0.166 e. The summed E-state index contributed by atoms with van der Waals surface area (Å²) in [4.78, 5) is 4.39. The highest BCUT2D eigenvalue weighted by molar-refractivity contribution is 5.70. The number of benzene rings is 1. The number of nitrogens with zero attached hydrogens (tertiary/aromatic N) is 3. The van der Waals surface area contributed by atoms with Crippen molar-refractivity contribution in [2.24, 2.45) is 0 Å². The van der Waals surface area contributed by atoms with Gasteiger partial charge in [-0.1, -0.05) is 12.1 Å². The third-order valence-corrected chi connectivity index (χ3v) is 3.09. The Kier molecular flexibility index (Phi) is 2.77. The van der Waals surface area contributed by atoms with E-state index in [4.69, 9.17) is 10.5 Å². The lowest BCUT2D eigenvalue weighted by Gasteiger charge is -2.04. The van der Waals surface area contributed by atoms with Crippen LogP contribution in [0.2, 0.25) is 0 Å². The first-order valence-electron chi connectivity index (χ1n) is 6.05. The number of methoxy groups -OCH3 is 1. The van der Waals surface area contributed by atoms with E-state index >= 15 is 0 Å². The molecule has 0 atom stereocenters. The molecule has 0 saturated heterocycles. The van der Waals surface area contributed by atoms with Crippen LogP contribution < -0.4 is 10.5 Å². The minimum atomic E-state index is 0.378. The van der Waals surface area contributed by atoms with Gasteiger partial charge in [0.15, 0.2) is 5.69 Å². The lowest BCUT2D eigenvalue weighted by Crippen LogP contribution is -1.93. The van der Waals surface area contributed by atoms with Crippen molar-refractivity contribution in [2.75, 3.05) is 12.8 Å². The van der Waals surface area contributed by atoms with Crippen LogP contribution in [0.5, 0.6) is 5.75 Å². The monoisotopic (exact) mass is 264 g/mol. The average molecular weight is 264 g/mol. The fourth-order valence-electron chi connectivity index (χ4n) is 2.15. The summed E-state index contributed by atoms with van der Waals surface area (Å²) in [5.41, 5.74) is 8.42. The summed E-state index contributed by atoms with van der Waals surface area (Å²) in [6.45, 7) is 0. The first-order chi connectivity index (χ1) is 9.72. The molecular formula is C15H12N4O. The van der Waals surface area contributed by atoms with Crippen LogP contribution in [0.25, 0.3) is 16.9 Å². The summed E-state index contributed by atoms with van der Waals surface area (Å²) in [6.07, 6.45) is 1.76. The Bertz CT molecular complexity index is 829. The Balaban J connectivity index is 2.30. The molecule has 5 nitrogen and oxygen atoms in total. The van der Waals surface area contributed by atoms with E-state index < -0.39 is 0 Å². The smallest absolute Gasteiger partial charge is 0.166 e. The van der Waals surface area contributed by atoms with Gasteiger partial charge in [-0.25, -0.2) is 4.98 Å². The van der Waals surface area contributed by atoms with Crippen LogP contribution in [0.3, 0.4) is 0 Å². The normalized spacial score (nSPS) is 10.4. The van der Waals surface area contributed by atoms with Gasteiger partial charge in [0.25, 0.3) is 0 Å². The molecule has 0 unspecified atom stereocenters. The Morgan fingerprint density at radius 2 is 2.15 bits per heavy atom. The number of aromatic nitrogens is 2. The van der Waals surface area contributed by atoms with Crippen molar-refractivity contribution in [3.63, 3.8) is 0 Å². The molecule has 3 rings (SSSR count). The van der Waals surface area contributed by atoms with E-state index in [9.17, 15) is 5.26 Å². The van der Waals surface area contributed by atoms with Crippen LogP contribution >= 0.6 is 0 Å². The number of nitrogens with two attached hydrogens (primary N) is 1. The molecule has 0 aliphatic rings. The Morgan fingerprint density at radius 3 is 2.90 bits per heavy atom. The second-order valence-corrected chi connectivity index (χ2v) is 4.35. The van der Waals surface area contributed by atoms with Crippen molar-refractivity contribution in [3.8, 4) is 23.2 Å². The van der Waals surface area contributed by atoms with Crippen LogP contribution in [0.4, 0.5) is 5.69 Å². The molecule has 0 fully saturated rings. The Morgan fingerprint density at radius 1 is 1.30 bits per heavy atom. The van der Waals surface area contributed by atoms with Crippen LogP contribution in [-0.4, -0.2) is 16.5 Å². The van der Waals surface area contributed by atoms with Gasteiger partial charge in [-0.05, 0) is 24.3 Å². The molecule has 20 heavy (non-hydrogen) atoms. The first kappa shape index (κ1) is 12.1. The molecule has 2 heterocycles. The fourth-order valence-corrected chi connectivity index (χ4v) is 2.15. The molecule has 98 valence electrons. The maximum absolute atomic E-state index is 9.18. The predicted molar refractivity (Wildman–Crippen MR) is 76.3 cm³/mol. The number of nitriles is 1. The molecule has 2 aromatic heterocycles. The summed E-state index contributed by atoms with van der Waals surface area (Å²) in [5.74, 6) is 1.41. The van der Waals surface area contributed by atoms with Crippen molar-refractivity contribution >= 4 is 11.2 Å². The second-order valence-electron chi connectivity index (χ2n) is 4.35. The molecule has 0 aliphatic heterocycles. The number of nitrogen functional groups attached to an aromatic ring is 1. The number of ether oxygens (including phenoxy) is 1. The first-order valence-corrected chi connectivity index (χ1v) is 6.05. The summed E-state index contributed by atoms with van der Waals surface area (Å²) < 4.78 is 7.04. The van der Waals surface area contributed by atoms with Gasteiger partial charge < -0.3 is 10.5 Å². The summed E-state index contributed by atoms with van der Waals surface area (Å²) in [6, 6.07) is 13.2. The standard InChI is InChI=1S/C15H12N4O/c1-20-12-4-2-3-10(7-12)15-18-13(8-16)14-6-5-11(17)9-19(14)15/h2-7,9H,17H2,1H3. The molecule has 1 aromatic carbocycles. The average Bonchev–Trinajstić information content (AvgIpc) is 2.85. The number of hydrogen-bond donors (Lipinski definition) is 1. The third-order valence-electron chi connectivity index (χ3n) is 3.09. The molecule has 0 aliphatic carbocycles. The van der Waals surface area contributed by atoms with Crippen molar-refractivity contribution in [2.45, 2.75) is 0 Å². The van der Waals surface area contributed by atoms with E-state index in [2.05, 4.69) is 11.1 Å². The number of rotatable bonds is 2. The van der Waals surface area contributed by atoms with E-state index in [1.54, 1.807) is 25.4 Å². The van der Waals surface area contributed by atoms with E-state index in [-0.39, 0.29) is 0 Å². The quantitative estimate of drug-likeness (QED) is 0.771. The Labute approximate surface area is 115 Å². The van der Waals surface area contributed by atoms with Crippen molar-refractivity contribution < 1.29 is 4.74 Å². The summed E-state index contributed by atoms with van der Waals surface area (Å²) in [7, 11) is 1.61. The third kappa shape index (κ3) is 1.84. The van der Waals surface area contributed by atoms with Gasteiger partial charge >= 0.3 is 0 Å². The van der Waals surface area contributed by atoms with Crippen LogP contribution in [-0.2, 0) is 0 Å². The zero-order valence-corrected chi connectivity index (χ0v) is 10.9. The van der Waals surface area contributed by atoms with Gasteiger partial charge in [0, 0.05) is 17.4 Å². The molecule has 2 N–H and O–H groups in total. The highest BCUT2D eigenvalue weighted by atomic mass is 16.5. The van der Waals surface area contributed by atoms with Gasteiger partial charge in [-0.15, -0.1) is 0 Å². The molecule has 5 heteroatoms. The molecule has 3 aromatic rings. The highest BCUT2D eigenvalue weighted by Gasteiger charge is 2.13.